The maximum Gasteiger partial charge on any atom is 0.345 e. The second kappa shape index (κ2) is 5.90. The molecule has 0 aromatic carbocycles. The summed E-state index contributed by atoms with van der Waals surface area (Å²) < 4.78 is 0. The summed E-state index contributed by atoms with van der Waals surface area (Å²) >= 11 is 2.41. The first-order valence-corrected chi connectivity index (χ1v) is 7.85. The highest BCUT2D eigenvalue weighted by Gasteiger charge is 2.19. The third-order valence-electron chi connectivity index (χ3n) is 2.55. The zero-order valence-electron chi connectivity index (χ0n) is 11.8. The third-order valence-corrected chi connectivity index (χ3v) is 4.97. The second-order valence-electron chi connectivity index (χ2n) is 5.40. The number of carbonyl (C=O) groups is 2. The minimum Gasteiger partial charge on any atom is -0.477 e. The van der Waals surface area contributed by atoms with Gasteiger partial charge in [-0.2, -0.15) is 0 Å². The normalized spacial score (nSPS) is 11.4. The highest BCUT2D eigenvalue weighted by atomic mass is 32.1. The molecule has 0 bridgehead atoms. The molecule has 0 aliphatic rings. The van der Waals surface area contributed by atoms with Crippen molar-refractivity contribution in [3.63, 3.8) is 0 Å². The number of hydrogen-bond donors (Lipinski definition) is 2. The SMILES string of the molecule is CC(C)(C)c1nnc(CNC(=O)c2ccc(C(=O)O)s2)s1. The van der Waals surface area contributed by atoms with Gasteiger partial charge < -0.3 is 10.4 Å². The summed E-state index contributed by atoms with van der Waals surface area (Å²) in [6.07, 6.45) is 0. The number of rotatable bonds is 4. The molecule has 8 heteroatoms. The van der Waals surface area contributed by atoms with Crippen LogP contribution in [0.3, 0.4) is 0 Å². The standard InChI is InChI=1S/C13H15N3O3S2/c1-13(2,3)12-16-15-9(21-12)6-14-10(17)7-4-5-8(20-7)11(18)19/h4-5H,6H2,1-3H3,(H,14,17)(H,18,19). The third kappa shape index (κ3) is 3.85. The van der Waals surface area contributed by atoms with Crippen LogP contribution in [0.4, 0.5) is 0 Å². The lowest BCUT2D eigenvalue weighted by Crippen LogP contribution is -2.21. The van der Waals surface area contributed by atoms with Crippen LogP contribution in [0, 0.1) is 0 Å². The Balaban J connectivity index is 1.97. The Labute approximate surface area is 129 Å². The average Bonchev–Trinajstić information content (AvgIpc) is 3.04. The molecule has 2 heterocycles. The van der Waals surface area contributed by atoms with Crippen LogP contribution in [0.15, 0.2) is 12.1 Å². The van der Waals surface area contributed by atoms with Crippen LogP contribution in [0.1, 0.15) is 50.1 Å². The highest BCUT2D eigenvalue weighted by molar-refractivity contribution is 7.15. The van der Waals surface area contributed by atoms with E-state index >= 15 is 0 Å². The molecule has 0 saturated carbocycles. The second-order valence-corrected chi connectivity index (χ2v) is 7.55. The molecule has 6 nitrogen and oxygen atoms in total. The van der Waals surface area contributed by atoms with Gasteiger partial charge in [0, 0.05) is 5.41 Å². The molecule has 0 atom stereocenters. The molecule has 2 rings (SSSR count). The van der Waals surface area contributed by atoms with Crippen LogP contribution < -0.4 is 5.32 Å². The Hall–Kier alpha value is -1.80. The minimum absolute atomic E-state index is 0.0654. The number of nitrogens with one attached hydrogen (secondary N) is 1. The zero-order valence-corrected chi connectivity index (χ0v) is 13.5. The molecule has 0 radical (unpaired) electrons. The van der Waals surface area contributed by atoms with Crippen molar-refractivity contribution in [3.8, 4) is 0 Å². The molecule has 2 aromatic rings. The van der Waals surface area contributed by atoms with Gasteiger partial charge in [-0.3, -0.25) is 4.79 Å². The summed E-state index contributed by atoms with van der Waals surface area (Å²) in [5.41, 5.74) is -0.0654. The van der Waals surface area contributed by atoms with Gasteiger partial charge in [-0.15, -0.1) is 21.5 Å². The molecule has 0 aliphatic carbocycles. The van der Waals surface area contributed by atoms with E-state index in [1.54, 1.807) is 0 Å². The summed E-state index contributed by atoms with van der Waals surface area (Å²) in [6.45, 7) is 6.44. The molecule has 2 aromatic heterocycles. The number of carbonyl (C=O) groups excluding carboxylic acids is 1. The predicted molar refractivity (Wildman–Crippen MR) is 81.1 cm³/mol. The largest absolute Gasteiger partial charge is 0.477 e. The van der Waals surface area contributed by atoms with Crippen LogP contribution in [0.25, 0.3) is 0 Å². The van der Waals surface area contributed by atoms with E-state index in [1.165, 1.54) is 23.5 Å². The van der Waals surface area contributed by atoms with E-state index < -0.39 is 5.97 Å². The Bertz CT molecular complexity index is 670. The van der Waals surface area contributed by atoms with Crippen LogP contribution in [-0.2, 0) is 12.0 Å². The summed E-state index contributed by atoms with van der Waals surface area (Å²) in [4.78, 5) is 23.2. The highest BCUT2D eigenvalue weighted by Crippen LogP contribution is 2.25. The van der Waals surface area contributed by atoms with Gasteiger partial charge in [0.05, 0.1) is 11.4 Å². The maximum atomic E-state index is 11.9. The van der Waals surface area contributed by atoms with E-state index in [2.05, 4.69) is 36.3 Å². The van der Waals surface area contributed by atoms with Gasteiger partial charge in [-0.25, -0.2) is 4.79 Å². The minimum atomic E-state index is -1.03. The molecule has 21 heavy (non-hydrogen) atoms. The van der Waals surface area contributed by atoms with Crippen molar-refractivity contribution in [3.05, 3.63) is 31.9 Å². The van der Waals surface area contributed by atoms with Gasteiger partial charge in [0.15, 0.2) is 0 Å². The van der Waals surface area contributed by atoms with Crippen LogP contribution >= 0.6 is 22.7 Å². The first-order chi connectivity index (χ1) is 9.77. The van der Waals surface area contributed by atoms with Gasteiger partial charge in [0.1, 0.15) is 14.9 Å². The number of nitrogens with zero attached hydrogens (tertiary/aromatic N) is 2. The van der Waals surface area contributed by atoms with Crippen molar-refractivity contribution < 1.29 is 14.7 Å². The van der Waals surface area contributed by atoms with E-state index in [-0.39, 0.29) is 22.7 Å². The molecule has 0 spiro atoms. The van der Waals surface area contributed by atoms with Crippen LogP contribution in [-0.4, -0.2) is 27.2 Å². The van der Waals surface area contributed by atoms with E-state index in [9.17, 15) is 9.59 Å². The lowest BCUT2D eigenvalue weighted by Gasteiger charge is -2.12. The average molecular weight is 325 g/mol. The van der Waals surface area contributed by atoms with Gasteiger partial charge >= 0.3 is 5.97 Å². The fourth-order valence-corrected chi connectivity index (χ4v) is 3.04. The molecule has 0 fully saturated rings. The fourth-order valence-electron chi connectivity index (χ4n) is 1.45. The van der Waals surface area contributed by atoms with Crippen molar-refractivity contribution in [1.82, 2.24) is 15.5 Å². The molecular weight excluding hydrogens is 310 g/mol. The molecular formula is C13H15N3O3S2. The summed E-state index contributed by atoms with van der Waals surface area (Å²) in [5, 5.41) is 21.3. The first kappa shape index (κ1) is 15.6. The maximum absolute atomic E-state index is 11.9. The van der Waals surface area contributed by atoms with Crippen molar-refractivity contribution >= 4 is 34.6 Å². The Morgan fingerprint density at radius 1 is 1.19 bits per heavy atom. The number of aromatic nitrogens is 2. The number of aromatic carboxylic acids is 1. The topological polar surface area (TPSA) is 92.2 Å². The zero-order chi connectivity index (χ0) is 15.6. The van der Waals surface area contributed by atoms with E-state index in [0.29, 0.717) is 4.88 Å². The number of thiophene rings is 1. The van der Waals surface area contributed by atoms with Crippen molar-refractivity contribution in [2.24, 2.45) is 0 Å². The number of hydrogen-bond acceptors (Lipinski definition) is 6. The van der Waals surface area contributed by atoms with Gasteiger partial charge in [-0.1, -0.05) is 32.1 Å². The summed E-state index contributed by atoms with van der Waals surface area (Å²) in [7, 11) is 0. The smallest absolute Gasteiger partial charge is 0.345 e. The number of carboxylic acids is 1. The van der Waals surface area contributed by atoms with Gasteiger partial charge in [0.2, 0.25) is 0 Å². The van der Waals surface area contributed by atoms with Gasteiger partial charge in [-0.05, 0) is 12.1 Å². The summed E-state index contributed by atoms with van der Waals surface area (Å²) in [6, 6.07) is 2.93. The predicted octanol–water partition coefficient (Wildman–Crippen LogP) is 2.53. The number of amides is 1. The lowest BCUT2D eigenvalue weighted by molar-refractivity contribution is 0.0702. The quantitative estimate of drug-likeness (QED) is 0.901. The van der Waals surface area contributed by atoms with Crippen LogP contribution in [0.5, 0.6) is 0 Å². The van der Waals surface area contributed by atoms with Crippen molar-refractivity contribution in [2.75, 3.05) is 0 Å². The van der Waals surface area contributed by atoms with Crippen LogP contribution in [0.2, 0.25) is 0 Å². The Morgan fingerprint density at radius 3 is 2.38 bits per heavy atom. The summed E-state index contributed by atoms with van der Waals surface area (Å²) in [5.74, 6) is -1.34. The monoisotopic (exact) mass is 325 g/mol. The molecule has 0 aliphatic heterocycles. The molecule has 0 saturated heterocycles. The van der Waals surface area contributed by atoms with Crippen molar-refractivity contribution in [2.45, 2.75) is 32.7 Å². The fraction of sp³-hybridized carbons (Fsp3) is 0.385. The molecule has 0 unspecified atom stereocenters. The Morgan fingerprint density at radius 2 is 1.86 bits per heavy atom. The lowest BCUT2D eigenvalue weighted by atomic mass is 9.98. The molecule has 2 N–H and O–H groups in total. The number of carboxylic acid groups (broad SMARTS) is 1. The van der Waals surface area contributed by atoms with E-state index in [1.807, 2.05) is 0 Å². The van der Waals surface area contributed by atoms with Crippen molar-refractivity contribution in [1.29, 1.82) is 0 Å². The molecule has 112 valence electrons. The van der Waals surface area contributed by atoms with E-state index in [4.69, 9.17) is 5.11 Å². The van der Waals surface area contributed by atoms with E-state index in [0.717, 1.165) is 21.4 Å². The Kier molecular flexibility index (Phi) is 4.38. The first-order valence-electron chi connectivity index (χ1n) is 6.21. The molecule has 1 amide bonds. The van der Waals surface area contributed by atoms with Gasteiger partial charge in [0.25, 0.3) is 5.91 Å².